The fourth-order valence-electron chi connectivity index (χ4n) is 4.22. The molecule has 0 aromatic heterocycles. The van der Waals surface area contributed by atoms with Gasteiger partial charge in [-0.1, -0.05) is 12.1 Å². The van der Waals surface area contributed by atoms with Crippen LogP contribution < -0.4 is 10.1 Å². The van der Waals surface area contributed by atoms with E-state index in [2.05, 4.69) is 27.2 Å². The number of rotatable bonds is 6. The Morgan fingerprint density at radius 3 is 2.85 bits per heavy atom. The zero-order valence-electron chi connectivity index (χ0n) is 15.7. The molecule has 1 atom stereocenters. The topological polar surface area (TPSA) is 54.0 Å². The van der Waals surface area contributed by atoms with Crippen molar-refractivity contribution in [2.24, 2.45) is 5.92 Å². The second-order valence-corrected chi connectivity index (χ2v) is 7.99. The van der Waals surface area contributed by atoms with Crippen molar-refractivity contribution in [3.05, 3.63) is 29.8 Å². The molecule has 4 rings (SSSR count). The molecule has 0 bridgehead atoms. The smallest absolute Gasteiger partial charge is 0.239 e. The number of methoxy groups -OCH3 is 1. The van der Waals surface area contributed by atoms with Crippen LogP contribution in [0.5, 0.6) is 5.75 Å². The Morgan fingerprint density at radius 2 is 2.15 bits per heavy atom. The van der Waals surface area contributed by atoms with Gasteiger partial charge in [-0.05, 0) is 36.5 Å². The lowest BCUT2D eigenvalue weighted by Crippen LogP contribution is -2.72. The fourth-order valence-corrected chi connectivity index (χ4v) is 4.22. The Bertz CT molecular complexity index is 655. The number of morpholine rings is 1. The first-order valence-electron chi connectivity index (χ1n) is 9.56. The van der Waals surface area contributed by atoms with Crippen LogP contribution in [-0.4, -0.2) is 74.3 Å². The highest BCUT2D eigenvalue weighted by Crippen LogP contribution is 2.36. The van der Waals surface area contributed by atoms with E-state index in [0.717, 1.165) is 44.4 Å². The molecule has 1 saturated carbocycles. The largest absolute Gasteiger partial charge is 0.497 e. The Hall–Kier alpha value is -1.63. The standard InChI is InChI=1S/C20H29N3O3/c1-21-19(24)18-11-26-20(14-23(18)10-15-6-7-15)12-22(13-20)9-16-4-3-5-17(8-16)25-2/h3-5,8,15,18H,6-7,9-14H2,1-2H3,(H,21,24). The summed E-state index contributed by atoms with van der Waals surface area (Å²) >= 11 is 0. The van der Waals surface area contributed by atoms with Crippen molar-refractivity contribution in [3.63, 3.8) is 0 Å². The lowest BCUT2D eigenvalue weighted by molar-refractivity contribution is -0.203. The number of hydrogen-bond acceptors (Lipinski definition) is 5. The third-order valence-corrected chi connectivity index (χ3v) is 5.78. The Labute approximate surface area is 155 Å². The predicted octanol–water partition coefficient (Wildman–Crippen LogP) is 1.11. The van der Waals surface area contributed by atoms with Gasteiger partial charge in [0.15, 0.2) is 0 Å². The van der Waals surface area contributed by atoms with Crippen molar-refractivity contribution in [2.75, 3.05) is 46.9 Å². The molecule has 0 radical (unpaired) electrons. The molecule has 3 aliphatic rings. The van der Waals surface area contributed by atoms with Crippen molar-refractivity contribution in [1.29, 1.82) is 0 Å². The van der Waals surface area contributed by atoms with Gasteiger partial charge in [-0.2, -0.15) is 0 Å². The molecule has 1 N–H and O–H groups in total. The molecule has 6 nitrogen and oxygen atoms in total. The van der Waals surface area contributed by atoms with Crippen LogP contribution in [0.4, 0.5) is 0 Å². The molecule has 26 heavy (non-hydrogen) atoms. The summed E-state index contributed by atoms with van der Waals surface area (Å²) in [5.41, 5.74) is 1.14. The summed E-state index contributed by atoms with van der Waals surface area (Å²) in [6.07, 6.45) is 2.60. The second-order valence-electron chi connectivity index (χ2n) is 7.99. The van der Waals surface area contributed by atoms with Gasteiger partial charge in [0.05, 0.1) is 13.7 Å². The number of amides is 1. The maximum Gasteiger partial charge on any atom is 0.239 e. The van der Waals surface area contributed by atoms with Gasteiger partial charge in [0.2, 0.25) is 5.91 Å². The van der Waals surface area contributed by atoms with Crippen molar-refractivity contribution in [3.8, 4) is 5.75 Å². The van der Waals surface area contributed by atoms with Gasteiger partial charge in [0.1, 0.15) is 17.4 Å². The fraction of sp³-hybridized carbons (Fsp3) is 0.650. The maximum absolute atomic E-state index is 12.2. The second kappa shape index (κ2) is 7.18. The van der Waals surface area contributed by atoms with E-state index in [1.807, 2.05) is 12.1 Å². The minimum atomic E-state index is -0.140. The van der Waals surface area contributed by atoms with Crippen LogP contribution >= 0.6 is 0 Å². The highest BCUT2D eigenvalue weighted by Gasteiger charge is 2.50. The van der Waals surface area contributed by atoms with Crippen LogP contribution in [0.1, 0.15) is 18.4 Å². The van der Waals surface area contributed by atoms with Gasteiger partial charge in [0, 0.05) is 39.8 Å². The summed E-state index contributed by atoms with van der Waals surface area (Å²) in [6.45, 7) is 5.14. The van der Waals surface area contributed by atoms with Crippen molar-refractivity contribution in [1.82, 2.24) is 15.1 Å². The van der Waals surface area contributed by atoms with Crippen molar-refractivity contribution >= 4 is 5.91 Å². The molecular weight excluding hydrogens is 330 g/mol. The third kappa shape index (κ3) is 3.72. The van der Waals surface area contributed by atoms with Crippen LogP contribution in [0.15, 0.2) is 24.3 Å². The summed E-state index contributed by atoms with van der Waals surface area (Å²) in [5.74, 6) is 1.74. The summed E-state index contributed by atoms with van der Waals surface area (Å²) < 4.78 is 11.5. The van der Waals surface area contributed by atoms with Crippen molar-refractivity contribution < 1.29 is 14.3 Å². The van der Waals surface area contributed by atoms with E-state index in [9.17, 15) is 4.79 Å². The highest BCUT2D eigenvalue weighted by atomic mass is 16.5. The Morgan fingerprint density at radius 1 is 1.35 bits per heavy atom. The molecule has 1 aromatic rings. The summed E-state index contributed by atoms with van der Waals surface area (Å²) in [6, 6.07) is 8.09. The maximum atomic E-state index is 12.2. The zero-order chi connectivity index (χ0) is 18.1. The average molecular weight is 359 g/mol. The third-order valence-electron chi connectivity index (χ3n) is 5.78. The number of ether oxygens (including phenoxy) is 2. The van der Waals surface area contributed by atoms with Crippen LogP contribution in [0.3, 0.4) is 0 Å². The first-order chi connectivity index (χ1) is 12.6. The molecule has 1 aromatic carbocycles. The summed E-state index contributed by atoms with van der Waals surface area (Å²) in [5, 5.41) is 2.79. The highest BCUT2D eigenvalue weighted by molar-refractivity contribution is 5.81. The summed E-state index contributed by atoms with van der Waals surface area (Å²) in [7, 11) is 3.41. The first kappa shape index (κ1) is 17.8. The van der Waals surface area contributed by atoms with E-state index in [1.54, 1.807) is 14.2 Å². The number of benzene rings is 1. The lowest BCUT2D eigenvalue weighted by Gasteiger charge is -2.55. The van der Waals surface area contributed by atoms with Gasteiger partial charge in [-0.25, -0.2) is 0 Å². The number of hydrogen-bond donors (Lipinski definition) is 1. The van der Waals surface area contributed by atoms with E-state index in [-0.39, 0.29) is 17.6 Å². The lowest BCUT2D eigenvalue weighted by atomic mass is 9.89. The van der Waals surface area contributed by atoms with Crippen LogP contribution in [-0.2, 0) is 16.1 Å². The van der Waals surface area contributed by atoms with Gasteiger partial charge in [-0.15, -0.1) is 0 Å². The van der Waals surface area contributed by atoms with Gasteiger partial charge in [-0.3, -0.25) is 14.6 Å². The van der Waals surface area contributed by atoms with E-state index >= 15 is 0 Å². The molecule has 3 fully saturated rings. The van der Waals surface area contributed by atoms with Crippen LogP contribution in [0, 0.1) is 5.92 Å². The molecule has 1 amide bonds. The molecule has 6 heteroatoms. The molecule has 2 aliphatic heterocycles. The zero-order valence-corrected chi connectivity index (χ0v) is 15.7. The minimum absolute atomic E-state index is 0.0769. The number of nitrogens with zero attached hydrogens (tertiary/aromatic N) is 2. The van der Waals surface area contributed by atoms with E-state index in [0.29, 0.717) is 6.61 Å². The van der Waals surface area contributed by atoms with Gasteiger partial charge in [0.25, 0.3) is 0 Å². The van der Waals surface area contributed by atoms with E-state index < -0.39 is 0 Å². The number of carbonyl (C=O) groups excluding carboxylic acids is 1. The van der Waals surface area contributed by atoms with Gasteiger partial charge < -0.3 is 14.8 Å². The average Bonchev–Trinajstić information content (AvgIpc) is 3.44. The molecular formula is C20H29N3O3. The van der Waals surface area contributed by atoms with E-state index in [1.165, 1.54) is 18.4 Å². The molecule has 1 unspecified atom stereocenters. The molecule has 1 aliphatic carbocycles. The Balaban J connectivity index is 1.35. The van der Waals surface area contributed by atoms with Gasteiger partial charge >= 0.3 is 0 Å². The number of carbonyl (C=O) groups is 1. The number of likely N-dealkylation sites (tertiary alicyclic amines) is 1. The van der Waals surface area contributed by atoms with Crippen LogP contribution in [0.25, 0.3) is 0 Å². The van der Waals surface area contributed by atoms with E-state index in [4.69, 9.17) is 9.47 Å². The number of likely N-dealkylation sites (N-methyl/N-ethyl adjacent to an activating group) is 1. The SMILES string of the molecule is CNC(=O)C1COC2(CN(Cc3cccc(OC)c3)C2)CN1CC1CC1. The molecule has 2 heterocycles. The predicted molar refractivity (Wildman–Crippen MR) is 99.1 cm³/mol. The summed E-state index contributed by atoms with van der Waals surface area (Å²) in [4.78, 5) is 17.0. The quantitative estimate of drug-likeness (QED) is 0.825. The molecule has 142 valence electrons. The van der Waals surface area contributed by atoms with Crippen LogP contribution in [0.2, 0.25) is 0 Å². The monoisotopic (exact) mass is 359 g/mol. The minimum Gasteiger partial charge on any atom is -0.497 e. The molecule has 1 spiro atoms. The normalized spacial score (nSPS) is 25.7. The Kier molecular flexibility index (Phi) is 4.90. The first-order valence-corrected chi connectivity index (χ1v) is 9.56. The number of nitrogens with one attached hydrogen (secondary N) is 1. The molecule has 2 saturated heterocycles. The van der Waals surface area contributed by atoms with Crippen molar-refractivity contribution in [2.45, 2.75) is 31.0 Å².